The highest BCUT2D eigenvalue weighted by molar-refractivity contribution is 5.94. The third kappa shape index (κ3) is 3.91. The molecule has 4 aromatic rings. The molecule has 3 aromatic carbocycles. The molecule has 0 radical (unpaired) electrons. The smallest absolute Gasteiger partial charge is 0.251 e. The molecule has 0 bridgehead atoms. The van der Waals surface area contributed by atoms with Crippen LogP contribution in [-0.2, 0) is 13.0 Å². The van der Waals surface area contributed by atoms with E-state index >= 15 is 0 Å². The van der Waals surface area contributed by atoms with E-state index in [1.165, 1.54) is 34.2 Å². The lowest BCUT2D eigenvalue weighted by molar-refractivity contribution is 0.0954. The minimum atomic E-state index is -0.131. The van der Waals surface area contributed by atoms with Crippen LogP contribution < -0.4 is 5.32 Å². The molecule has 4 heteroatoms. The van der Waals surface area contributed by atoms with Crippen LogP contribution in [0.25, 0.3) is 10.9 Å². The van der Waals surface area contributed by atoms with E-state index in [9.17, 15) is 9.90 Å². The van der Waals surface area contributed by atoms with E-state index in [0.717, 1.165) is 13.0 Å². The molecule has 4 rings (SSSR count). The third-order valence-electron chi connectivity index (χ3n) is 4.88. The molecule has 0 fully saturated rings. The summed E-state index contributed by atoms with van der Waals surface area (Å²) in [6, 6.07) is 25.1. The second-order valence-corrected chi connectivity index (χ2v) is 6.84. The SMILES string of the molecule is O=C(NCCc1cn(Cc2ccccc2)c2ccccc12)c1ccc(O)cc1. The number of nitrogens with zero attached hydrogens (tertiary/aromatic N) is 1. The number of phenolic OH excluding ortho intramolecular Hbond substituents is 1. The minimum absolute atomic E-state index is 0.131. The molecule has 1 heterocycles. The molecular formula is C24H22N2O2. The number of para-hydroxylation sites is 1. The largest absolute Gasteiger partial charge is 0.508 e. The van der Waals surface area contributed by atoms with Crippen LogP contribution in [0, 0.1) is 0 Å². The van der Waals surface area contributed by atoms with E-state index in [4.69, 9.17) is 0 Å². The lowest BCUT2D eigenvalue weighted by Crippen LogP contribution is -2.25. The first-order valence-electron chi connectivity index (χ1n) is 9.38. The molecule has 0 unspecified atom stereocenters. The van der Waals surface area contributed by atoms with Crippen molar-refractivity contribution in [1.29, 1.82) is 0 Å². The number of carbonyl (C=O) groups is 1. The maximum atomic E-state index is 12.3. The van der Waals surface area contributed by atoms with E-state index in [-0.39, 0.29) is 11.7 Å². The van der Waals surface area contributed by atoms with Gasteiger partial charge >= 0.3 is 0 Å². The van der Waals surface area contributed by atoms with E-state index < -0.39 is 0 Å². The monoisotopic (exact) mass is 370 g/mol. The van der Waals surface area contributed by atoms with Gasteiger partial charge in [0.1, 0.15) is 5.75 Å². The van der Waals surface area contributed by atoms with Crippen LogP contribution in [0.1, 0.15) is 21.5 Å². The lowest BCUT2D eigenvalue weighted by atomic mass is 10.1. The molecule has 1 aromatic heterocycles. The Hall–Kier alpha value is -3.53. The standard InChI is InChI=1S/C24H22N2O2/c27-21-12-10-19(11-13-21)24(28)25-15-14-20-17-26(16-18-6-2-1-3-7-18)23-9-5-4-8-22(20)23/h1-13,17,27H,14-16H2,(H,25,28). The number of carbonyl (C=O) groups excluding carboxylic acids is 1. The third-order valence-corrected chi connectivity index (χ3v) is 4.88. The molecule has 2 N–H and O–H groups in total. The van der Waals surface area contributed by atoms with Crippen molar-refractivity contribution in [2.24, 2.45) is 0 Å². The Balaban J connectivity index is 1.48. The van der Waals surface area contributed by atoms with Crippen LogP contribution in [0.15, 0.2) is 85.1 Å². The maximum Gasteiger partial charge on any atom is 0.251 e. The van der Waals surface area contributed by atoms with Gasteiger partial charge in [0, 0.05) is 35.8 Å². The van der Waals surface area contributed by atoms with E-state index in [1.807, 2.05) is 12.1 Å². The molecule has 0 atom stereocenters. The van der Waals surface area contributed by atoms with Gasteiger partial charge in [-0.25, -0.2) is 0 Å². The predicted molar refractivity (Wildman–Crippen MR) is 112 cm³/mol. The number of aromatic hydroxyl groups is 1. The van der Waals surface area contributed by atoms with Crippen LogP contribution in [0.5, 0.6) is 5.75 Å². The molecule has 0 saturated carbocycles. The summed E-state index contributed by atoms with van der Waals surface area (Å²) in [6.45, 7) is 1.38. The summed E-state index contributed by atoms with van der Waals surface area (Å²) in [5, 5.41) is 13.5. The summed E-state index contributed by atoms with van der Waals surface area (Å²) in [4.78, 5) is 12.3. The number of fused-ring (bicyclic) bond motifs is 1. The number of rotatable bonds is 6. The average molecular weight is 370 g/mol. The van der Waals surface area contributed by atoms with Gasteiger partial charge < -0.3 is 15.0 Å². The Morgan fingerprint density at radius 3 is 2.39 bits per heavy atom. The van der Waals surface area contributed by atoms with Crippen molar-refractivity contribution in [3.8, 4) is 5.75 Å². The molecule has 1 amide bonds. The van der Waals surface area contributed by atoms with Crippen molar-refractivity contribution in [3.05, 3.63) is 102 Å². The first kappa shape index (κ1) is 17.9. The van der Waals surface area contributed by atoms with Gasteiger partial charge in [-0.2, -0.15) is 0 Å². The van der Waals surface area contributed by atoms with Crippen molar-refractivity contribution < 1.29 is 9.90 Å². The summed E-state index contributed by atoms with van der Waals surface area (Å²) in [7, 11) is 0. The Morgan fingerprint density at radius 2 is 1.61 bits per heavy atom. The number of hydrogen-bond acceptors (Lipinski definition) is 2. The fourth-order valence-corrected chi connectivity index (χ4v) is 3.46. The van der Waals surface area contributed by atoms with Crippen LogP contribution in [0.3, 0.4) is 0 Å². The average Bonchev–Trinajstić information content (AvgIpc) is 3.07. The maximum absolute atomic E-state index is 12.3. The van der Waals surface area contributed by atoms with Crippen molar-refractivity contribution in [3.63, 3.8) is 0 Å². The normalized spacial score (nSPS) is 10.9. The number of phenols is 1. The van der Waals surface area contributed by atoms with Crippen LogP contribution >= 0.6 is 0 Å². The molecule has 0 aliphatic carbocycles. The second-order valence-electron chi connectivity index (χ2n) is 6.84. The first-order chi connectivity index (χ1) is 13.7. The van der Waals surface area contributed by atoms with E-state index in [1.54, 1.807) is 12.1 Å². The van der Waals surface area contributed by atoms with Crippen LogP contribution in [0.2, 0.25) is 0 Å². The highest BCUT2D eigenvalue weighted by Crippen LogP contribution is 2.23. The summed E-state index contributed by atoms with van der Waals surface area (Å²) >= 11 is 0. The highest BCUT2D eigenvalue weighted by Gasteiger charge is 2.10. The van der Waals surface area contributed by atoms with Crippen molar-refractivity contribution in [2.45, 2.75) is 13.0 Å². The fourth-order valence-electron chi connectivity index (χ4n) is 3.46. The van der Waals surface area contributed by atoms with Crippen LogP contribution in [0.4, 0.5) is 0 Å². The summed E-state index contributed by atoms with van der Waals surface area (Å²) in [6.07, 6.45) is 2.94. The van der Waals surface area contributed by atoms with Gasteiger partial charge in [0.25, 0.3) is 5.91 Å². The molecular weight excluding hydrogens is 348 g/mol. The number of nitrogens with one attached hydrogen (secondary N) is 1. The molecule has 0 spiro atoms. The lowest BCUT2D eigenvalue weighted by Gasteiger charge is -2.05. The number of aromatic nitrogens is 1. The van der Waals surface area contributed by atoms with Gasteiger partial charge in [-0.1, -0.05) is 48.5 Å². The molecule has 140 valence electrons. The quantitative estimate of drug-likeness (QED) is 0.530. The van der Waals surface area contributed by atoms with Crippen molar-refractivity contribution >= 4 is 16.8 Å². The van der Waals surface area contributed by atoms with Crippen LogP contribution in [-0.4, -0.2) is 22.1 Å². The topological polar surface area (TPSA) is 54.3 Å². The zero-order valence-electron chi connectivity index (χ0n) is 15.5. The molecule has 4 nitrogen and oxygen atoms in total. The Morgan fingerprint density at radius 1 is 0.893 bits per heavy atom. The molecule has 0 aliphatic rings. The van der Waals surface area contributed by atoms with Gasteiger partial charge in [-0.05, 0) is 47.9 Å². The minimum Gasteiger partial charge on any atom is -0.508 e. The number of amides is 1. The second kappa shape index (κ2) is 8.01. The molecule has 28 heavy (non-hydrogen) atoms. The zero-order chi connectivity index (χ0) is 19.3. The Bertz CT molecular complexity index is 1080. The summed E-state index contributed by atoms with van der Waals surface area (Å²) in [5.41, 5.74) is 4.23. The van der Waals surface area contributed by atoms with Gasteiger partial charge in [0.2, 0.25) is 0 Å². The fraction of sp³-hybridized carbons (Fsp3) is 0.125. The van der Waals surface area contributed by atoms with Gasteiger partial charge in [0.15, 0.2) is 0 Å². The zero-order valence-corrected chi connectivity index (χ0v) is 15.5. The predicted octanol–water partition coefficient (Wildman–Crippen LogP) is 4.37. The Kier molecular flexibility index (Phi) is 5.11. The molecule has 0 saturated heterocycles. The van der Waals surface area contributed by atoms with Crippen molar-refractivity contribution in [2.75, 3.05) is 6.54 Å². The van der Waals surface area contributed by atoms with E-state index in [0.29, 0.717) is 12.1 Å². The van der Waals surface area contributed by atoms with Gasteiger partial charge in [-0.15, -0.1) is 0 Å². The van der Waals surface area contributed by atoms with Crippen molar-refractivity contribution in [1.82, 2.24) is 9.88 Å². The van der Waals surface area contributed by atoms with Gasteiger partial charge in [0.05, 0.1) is 0 Å². The summed E-state index contributed by atoms with van der Waals surface area (Å²) in [5.74, 6) is 0.0239. The highest BCUT2D eigenvalue weighted by atomic mass is 16.3. The first-order valence-corrected chi connectivity index (χ1v) is 9.38. The summed E-state index contributed by atoms with van der Waals surface area (Å²) < 4.78 is 2.27. The van der Waals surface area contributed by atoms with Gasteiger partial charge in [-0.3, -0.25) is 4.79 Å². The number of hydrogen-bond donors (Lipinski definition) is 2. The molecule has 0 aliphatic heterocycles. The number of benzene rings is 3. The Labute approximate surface area is 164 Å². The van der Waals surface area contributed by atoms with E-state index in [2.05, 4.69) is 58.5 Å².